The minimum Gasteiger partial charge on any atom is -0.464 e. The quantitative estimate of drug-likeness (QED) is 0.547. The largest absolute Gasteiger partial charge is 0.464 e. The summed E-state index contributed by atoms with van der Waals surface area (Å²) in [6.45, 7) is 3.83. The summed E-state index contributed by atoms with van der Waals surface area (Å²) < 4.78 is 6.43. The highest BCUT2D eigenvalue weighted by Crippen LogP contribution is 2.13. The third-order valence-corrected chi connectivity index (χ3v) is 4.03. The number of methoxy groups -OCH3 is 1. The van der Waals surface area contributed by atoms with Gasteiger partial charge >= 0.3 is 5.97 Å². The van der Waals surface area contributed by atoms with Crippen LogP contribution in [0, 0.1) is 13.8 Å². The van der Waals surface area contributed by atoms with E-state index in [9.17, 15) is 9.59 Å². The van der Waals surface area contributed by atoms with Crippen molar-refractivity contribution < 1.29 is 14.3 Å². The molecule has 0 atom stereocenters. The summed E-state index contributed by atoms with van der Waals surface area (Å²) >= 11 is 0. The number of benzene rings is 2. The molecule has 7 heteroatoms. The highest BCUT2D eigenvalue weighted by Gasteiger charge is 2.15. The number of carbonyl (C=O) groups excluding carboxylic acids is 2. The Hall–Kier alpha value is -3.74. The lowest BCUT2D eigenvalue weighted by Gasteiger charge is -2.10. The molecule has 0 aliphatic rings. The number of rotatable bonds is 5. The second-order valence-corrected chi connectivity index (χ2v) is 6.32. The number of aryl methyl sites for hydroxylation is 2. The number of hydrogen-bond donors (Lipinski definition) is 1. The van der Waals surface area contributed by atoms with Gasteiger partial charge in [-0.05, 0) is 49.8 Å². The Balaban J connectivity index is 1.85. The van der Waals surface area contributed by atoms with Gasteiger partial charge in [0.15, 0.2) is 0 Å². The lowest BCUT2D eigenvalue weighted by molar-refractivity contribution is -0.136. The second-order valence-electron chi connectivity index (χ2n) is 6.32. The van der Waals surface area contributed by atoms with Crippen molar-refractivity contribution in [1.29, 1.82) is 0 Å². The van der Waals surface area contributed by atoms with Crippen molar-refractivity contribution >= 4 is 18.0 Å². The van der Waals surface area contributed by atoms with Crippen LogP contribution in [0.3, 0.4) is 0 Å². The average Bonchev–Trinajstić information content (AvgIpc) is 3.21. The zero-order valence-electron chi connectivity index (χ0n) is 15.8. The highest BCUT2D eigenvalue weighted by molar-refractivity contribution is 6.03. The van der Waals surface area contributed by atoms with Crippen molar-refractivity contribution in [3.05, 3.63) is 82.8 Å². The number of hydrogen-bond acceptors (Lipinski definition) is 5. The molecule has 1 heterocycles. The number of nitrogens with one attached hydrogen (secondary N) is 1. The van der Waals surface area contributed by atoms with E-state index in [1.807, 2.05) is 44.2 Å². The molecular weight excluding hydrogens is 356 g/mol. The Bertz CT molecular complexity index is 1000. The van der Waals surface area contributed by atoms with E-state index < -0.39 is 5.97 Å². The maximum absolute atomic E-state index is 12.6. The number of esters is 1. The number of aromatic nitrogens is 3. The predicted molar refractivity (Wildman–Crippen MR) is 105 cm³/mol. The van der Waals surface area contributed by atoms with Crippen LogP contribution in [0.2, 0.25) is 0 Å². The van der Waals surface area contributed by atoms with Gasteiger partial charge in [0.25, 0.3) is 5.91 Å². The zero-order chi connectivity index (χ0) is 20.1. The van der Waals surface area contributed by atoms with Crippen LogP contribution < -0.4 is 5.32 Å². The molecule has 28 heavy (non-hydrogen) atoms. The van der Waals surface area contributed by atoms with Crippen molar-refractivity contribution in [1.82, 2.24) is 20.3 Å². The Morgan fingerprint density at radius 3 is 2.32 bits per heavy atom. The fourth-order valence-electron chi connectivity index (χ4n) is 2.79. The summed E-state index contributed by atoms with van der Waals surface area (Å²) in [6, 6.07) is 12.8. The first-order chi connectivity index (χ1) is 13.5. The monoisotopic (exact) mass is 376 g/mol. The summed E-state index contributed by atoms with van der Waals surface area (Å²) in [5, 5.41) is 10.3. The van der Waals surface area contributed by atoms with Crippen LogP contribution in [0.5, 0.6) is 0 Å². The van der Waals surface area contributed by atoms with E-state index in [0.29, 0.717) is 5.56 Å². The lowest BCUT2D eigenvalue weighted by Crippen LogP contribution is -2.28. The van der Waals surface area contributed by atoms with Crippen molar-refractivity contribution in [2.75, 3.05) is 7.11 Å². The van der Waals surface area contributed by atoms with Crippen LogP contribution in [0.25, 0.3) is 11.8 Å². The molecule has 0 aliphatic heterocycles. The first kappa shape index (κ1) is 19.0. The minimum atomic E-state index is -0.627. The van der Waals surface area contributed by atoms with Crippen LogP contribution in [0.1, 0.15) is 27.0 Å². The zero-order valence-corrected chi connectivity index (χ0v) is 15.8. The number of carbonyl (C=O) groups is 2. The topological polar surface area (TPSA) is 86.1 Å². The van der Waals surface area contributed by atoms with Crippen LogP contribution in [-0.2, 0) is 9.53 Å². The summed E-state index contributed by atoms with van der Waals surface area (Å²) in [5.41, 5.74) is 4.03. The Labute approximate surface area is 162 Å². The Morgan fingerprint density at radius 1 is 1.07 bits per heavy atom. The maximum atomic E-state index is 12.6. The van der Waals surface area contributed by atoms with Gasteiger partial charge in [0, 0.05) is 5.56 Å². The van der Waals surface area contributed by atoms with E-state index in [2.05, 4.69) is 15.6 Å². The van der Waals surface area contributed by atoms with E-state index >= 15 is 0 Å². The van der Waals surface area contributed by atoms with Gasteiger partial charge in [-0.3, -0.25) is 4.79 Å². The molecule has 0 unspecified atom stereocenters. The van der Waals surface area contributed by atoms with Gasteiger partial charge in [-0.1, -0.05) is 34.5 Å². The van der Waals surface area contributed by atoms with E-state index in [0.717, 1.165) is 22.4 Å². The molecule has 142 valence electrons. The van der Waals surface area contributed by atoms with Gasteiger partial charge < -0.3 is 10.1 Å². The fraction of sp³-hybridized carbons (Fsp3) is 0.143. The number of ether oxygens (including phenoxy) is 1. The molecule has 1 aromatic heterocycles. The molecule has 0 bridgehead atoms. The van der Waals surface area contributed by atoms with Gasteiger partial charge in [-0.25, -0.2) is 9.48 Å². The maximum Gasteiger partial charge on any atom is 0.354 e. The van der Waals surface area contributed by atoms with Crippen molar-refractivity contribution in [3.8, 4) is 5.69 Å². The molecule has 0 spiro atoms. The summed E-state index contributed by atoms with van der Waals surface area (Å²) in [7, 11) is 1.27. The molecule has 0 saturated heterocycles. The van der Waals surface area contributed by atoms with Gasteiger partial charge in [-0.2, -0.15) is 0 Å². The number of nitrogens with zero attached hydrogens (tertiary/aromatic N) is 3. The second kappa shape index (κ2) is 8.30. The third kappa shape index (κ3) is 4.50. The Morgan fingerprint density at radius 2 is 1.75 bits per heavy atom. The van der Waals surface area contributed by atoms with E-state index in [1.165, 1.54) is 7.11 Å². The molecule has 3 aromatic rings. The molecule has 7 nitrogen and oxygen atoms in total. The van der Waals surface area contributed by atoms with Crippen LogP contribution in [0.15, 0.2) is 60.6 Å². The number of amides is 1. The minimum absolute atomic E-state index is 0.0557. The van der Waals surface area contributed by atoms with E-state index in [4.69, 9.17) is 4.74 Å². The van der Waals surface area contributed by atoms with Gasteiger partial charge in [0.05, 0.1) is 25.2 Å². The first-order valence-corrected chi connectivity index (χ1v) is 8.62. The molecule has 1 N–H and O–H groups in total. The van der Waals surface area contributed by atoms with Crippen molar-refractivity contribution in [3.63, 3.8) is 0 Å². The average molecular weight is 376 g/mol. The standard InChI is InChI=1S/C21H20N4O3/c1-14-10-15(2)12-17(11-14)20(26)23-19(21(27)28-3)13-16-4-6-18(7-5-16)25-9-8-22-24-25/h4-13H,1-3H3,(H,23,26)/b19-13+. The van der Waals surface area contributed by atoms with Gasteiger partial charge in [-0.15, -0.1) is 5.10 Å². The lowest BCUT2D eigenvalue weighted by atomic mass is 10.1. The van der Waals surface area contributed by atoms with E-state index in [1.54, 1.807) is 35.3 Å². The van der Waals surface area contributed by atoms with Gasteiger partial charge in [0.2, 0.25) is 0 Å². The van der Waals surface area contributed by atoms with Gasteiger partial charge in [0.1, 0.15) is 5.70 Å². The van der Waals surface area contributed by atoms with E-state index in [-0.39, 0.29) is 11.6 Å². The van der Waals surface area contributed by atoms with Crippen molar-refractivity contribution in [2.45, 2.75) is 13.8 Å². The summed E-state index contributed by atoms with van der Waals surface area (Å²) in [6.07, 6.45) is 4.89. The van der Waals surface area contributed by atoms with Crippen LogP contribution >= 0.6 is 0 Å². The SMILES string of the molecule is COC(=O)/C(=C\c1ccc(-n2ccnn2)cc1)NC(=O)c1cc(C)cc(C)c1. The predicted octanol–water partition coefficient (Wildman–Crippen LogP) is 2.83. The molecule has 0 aliphatic carbocycles. The highest BCUT2D eigenvalue weighted by atomic mass is 16.5. The summed E-state index contributed by atoms with van der Waals surface area (Å²) in [5.74, 6) is -0.999. The summed E-state index contributed by atoms with van der Waals surface area (Å²) in [4.78, 5) is 24.7. The van der Waals surface area contributed by atoms with Crippen LogP contribution in [0.4, 0.5) is 0 Å². The molecule has 1 amide bonds. The smallest absolute Gasteiger partial charge is 0.354 e. The third-order valence-electron chi connectivity index (χ3n) is 4.03. The molecular formula is C21H20N4O3. The molecule has 0 radical (unpaired) electrons. The first-order valence-electron chi connectivity index (χ1n) is 8.62. The fourth-order valence-corrected chi connectivity index (χ4v) is 2.79. The van der Waals surface area contributed by atoms with Crippen LogP contribution in [-0.4, -0.2) is 34.0 Å². The molecule has 0 fully saturated rings. The molecule has 2 aromatic carbocycles. The molecule has 3 rings (SSSR count). The van der Waals surface area contributed by atoms with Crippen molar-refractivity contribution in [2.24, 2.45) is 0 Å². The normalized spacial score (nSPS) is 11.2. The Kier molecular flexibility index (Phi) is 5.64. The molecule has 0 saturated carbocycles.